The molecule has 2 heteroatoms. The van der Waals surface area contributed by atoms with E-state index in [2.05, 4.69) is 37.5 Å². The summed E-state index contributed by atoms with van der Waals surface area (Å²) in [5.74, 6) is 0. The molecule has 0 aliphatic heterocycles. The highest BCUT2D eigenvalue weighted by Crippen LogP contribution is 2.26. The monoisotopic (exact) mass is 183 g/mol. The van der Waals surface area contributed by atoms with Crippen LogP contribution >= 0.6 is 11.3 Å². The maximum absolute atomic E-state index is 3.16. The summed E-state index contributed by atoms with van der Waals surface area (Å²) in [5, 5.41) is 5.42. The standard InChI is InChI=1S/C10H17NS/c1-10(2,3)8-5-9(6-11-4)12-7-8/h5,7,11H,6H2,1-4H3. The quantitative estimate of drug-likeness (QED) is 0.743. The van der Waals surface area contributed by atoms with Gasteiger partial charge in [0, 0.05) is 11.4 Å². The first-order valence-electron chi connectivity index (χ1n) is 4.26. The van der Waals surface area contributed by atoms with Crippen LogP contribution < -0.4 is 5.32 Å². The molecule has 0 saturated heterocycles. The van der Waals surface area contributed by atoms with E-state index in [9.17, 15) is 0 Å². The van der Waals surface area contributed by atoms with Crippen LogP contribution in [0.25, 0.3) is 0 Å². The van der Waals surface area contributed by atoms with Gasteiger partial charge in [0.05, 0.1) is 0 Å². The van der Waals surface area contributed by atoms with E-state index < -0.39 is 0 Å². The van der Waals surface area contributed by atoms with E-state index in [0.29, 0.717) is 5.41 Å². The summed E-state index contributed by atoms with van der Waals surface area (Å²) in [6.45, 7) is 7.73. The average Bonchev–Trinajstić information content (AvgIpc) is 2.35. The average molecular weight is 183 g/mol. The normalized spacial score (nSPS) is 12.0. The Balaban J connectivity index is 2.77. The number of rotatable bonds is 2. The smallest absolute Gasteiger partial charge is 0.0296 e. The maximum Gasteiger partial charge on any atom is 0.0296 e. The van der Waals surface area contributed by atoms with E-state index in [1.54, 1.807) is 0 Å². The van der Waals surface area contributed by atoms with Crippen LogP contribution in [-0.4, -0.2) is 7.05 Å². The number of thiophene rings is 1. The van der Waals surface area contributed by atoms with Crippen LogP contribution in [0.5, 0.6) is 0 Å². The first-order chi connectivity index (χ1) is 5.54. The van der Waals surface area contributed by atoms with E-state index in [0.717, 1.165) is 6.54 Å². The van der Waals surface area contributed by atoms with Gasteiger partial charge in [0.25, 0.3) is 0 Å². The first-order valence-corrected chi connectivity index (χ1v) is 5.14. The fourth-order valence-electron chi connectivity index (χ4n) is 1.04. The summed E-state index contributed by atoms with van der Waals surface area (Å²) >= 11 is 1.84. The molecule has 0 bridgehead atoms. The predicted molar refractivity (Wildman–Crippen MR) is 55.8 cm³/mol. The van der Waals surface area contributed by atoms with Crippen molar-refractivity contribution < 1.29 is 0 Å². The summed E-state index contributed by atoms with van der Waals surface area (Å²) in [4.78, 5) is 1.42. The minimum Gasteiger partial charge on any atom is -0.315 e. The Labute approximate surface area is 78.8 Å². The highest BCUT2D eigenvalue weighted by molar-refractivity contribution is 7.10. The van der Waals surface area contributed by atoms with Gasteiger partial charge in [-0.15, -0.1) is 11.3 Å². The van der Waals surface area contributed by atoms with Crippen LogP contribution in [0.3, 0.4) is 0 Å². The van der Waals surface area contributed by atoms with Crippen molar-refractivity contribution in [2.24, 2.45) is 0 Å². The summed E-state index contributed by atoms with van der Waals surface area (Å²) < 4.78 is 0. The first kappa shape index (κ1) is 9.75. The lowest BCUT2D eigenvalue weighted by Gasteiger charge is -2.15. The maximum atomic E-state index is 3.16. The van der Waals surface area contributed by atoms with Crippen molar-refractivity contribution in [2.45, 2.75) is 32.7 Å². The van der Waals surface area contributed by atoms with Crippen molar-refractivity contribution in [3.63, 3.8) is 0 Å². The number of nitrogens with one attached hydrogen (secondary N) is 1. The molecule has 0 aromatic carbocycles. The Morgan fingerprint density at radius 2 is 2.08 bits per heavy atom. The minimum absolute atomic E-state index is 0.294. The molecule has 0 unspecified atom stereocenters. The molecule has 68 valence electrons. The van der Waals surface area contributed by atoms with Crippen molar-refractivity contribution in [3.05, 3.63) is 21.9 Å². The molecular weight excluding hydrogens is 166 g/mol. The largest absolute Gasteiger partial charge is 0.315 e. The van der Waals surface area contributed by atoms with Gasteiger partial charge < -0.3 is 5.32 Å². The lowest BCUT2D eigenvalue weighted by atomic mass is 9.89. The Morgan fingerprint density at radius 3 is 2.50 bits per heavy atom. The molecule has 0 fully saturated rings. The summed E-state index contributed by atoms with van der Waals surface area (Å²) in [6, 6.07) is 2.29. The van der Waals surface area contributed by atoms with E-state index in [1.807, 2.05) is 18.4 Å². The van der Waals surface area contributed by atoms with Crippen LogP contribution in [-0.2, 0) is 12.0 Å². The molecule has 1 aromatic rings. The molecule has 0 aliphatic carbocycles. The zero-order valence-electron chi connectivity index (χ0n) is 8.27. The SMILES string of the molecule is CNCc1cc(C(C)(C)C)cs1. The highest BCUT2D eigenvalue weighted by atomic mass is 32.1. The lowest BCUT2D eigenvalue weighted by molar-refractivity contribution is 0.592. The summed E-state index contributed by atoms with van der Waals surface area (Å²) in [7, 11) is 1.98. The Kier molecular flexibility index (Phi) is 2.91. The molecule has 0 aliphatic rings. The second-order valence-electron chi connectivity index (χ2n) is 4.08. The zero-order valence-corrected chi connectivity index (χ0v) is 9.09. The Hall–Kier alpha value is -0.340. The van der Waals surface area contributed by atoms with Gasteiger partial charge in [-0.2, -0.15) is 0 Å². The molecule has 1 heterocycles. The van der Waals surface area contributed by atoms with Crippen molar-refractivity contribution in [1.29, 1.82) is 0 Å². The van der Waals surface area contributed by atoms with Gasteiger partial charge in [-0.3, -0.25) is 0 Å². The molecule has 1 N–H and O–H groups in total. The molecule has 1 nitrogen and oxygen atoms in total. The zero-order chi connectivity index (χ0) is 9.19. The van der Waals surface area contributed by atoms with E-state index in [-0.39, 0.29) is 0 Å². The van der Waals surface area contributed by atoms with Gasteiger partial charge >= 0.3 is 0 Å². The summed E-state index contributed by atoms with van der Waals surface area (Å²) in [5.41, 5.74) is 1.74. The minimum atomic E-state index is 0.294. The number of hydrogen-bond acceptors (Lipinski definition) is 2. The van der Waals surface area contributed by atoms with Gasteiger partial charge in [0.15, 0.2) is 0 Å². The van der Waals surface area contributed by atoms with Crippen LogP contribution in [0.1, 0.15) is 31.2 Å². The Bertz CT molecular complexity index is 245. The van der Waals surface area contributed by atoms with Crippen LogP contribution in [0.2, 0.25) is 0 Å². The third kappa shape index (κ3) is 2.32. The van der Waals surface area contributed by atoms with Crippen molar-refractivity contribution >= 4 is 11.3 Å². The highest BCUT2D eigenvalue weighted by Gasteiger charge is 2.14. The fourth-order valence-corrected chi connectivity index (χ4v) is 2.16. The van der Waals surface area contributed by atoms with Crippen molar-refractivity contribution in [1.82, 2.24) is 5.32 Å². The predicted octanol–water partition coefficient (Wildman–Crippen LogP) is 2.77. The second-order valence-corrected chi connectivity index (χ2v) is 5.08. The Morgan fingerprint density at radius 1 is 1.42 bits per heavy atom. The number of hydrogen-bond donors (Lipinski definition) is 1. The third-order valence-electron chi connectivity index (χ3n) is 1.87. The molecule has 0 saturated carbocycles. The topological polar surface area (TPSA) is 12.0 Å². The molecular formula is C10H17NS. The molecule has 0 radical (unpaired) electrons. The second kappa shape index (κ2) is 3.58. The third-order valence-corrected chi connectivity index (χ3v) is 2.81. The van der Waals surface area contributed by atoms with Crippen molar-refractivity contribution in [2.75, 3.05) is 7.05 Å². The van der Waals surface area contributed by atoms with Crippen LogP contribution in [0.4, 0.5) is 0 Å². The van der Waals surface area contributed by atoms with Gasteiger partial charge in [0.1, 0.15) is 0 Å². The summed E-state index contributed by atoms with van der Waals surface area (Å²) in [6.07, 6.45) is 0. The van der Waals surface area contributed by atoms with Crippen molar-refractivity contribution in [3.8, 4) is 0 Å². The lowest BCUT2D eigenvalue weighted by Crippen LogP contribution is -2.09. The van der Waals surface area contributed by atoms with E-state index in [1.165, 1.54) is 10.4 Å². The molecule has 0 spiro atoms. The molecule has 0 atom stereocenters. The fraction of sp³-hybridized carbons (Fsp3) is 0.600. The van der Waals surface area contributed by atoms with Gasteiger partial charge in [-0.25, -0.2) is 0 Å². The molecule has 0 amide bonds. The van der Waals surface area contributed by atoms with Gasteiger partial charge in [-0.1, -0.05) is 20.8 Å². The molecule has 1 rings (SSSR count). The van der Waals surface area contributed by atoms with Crippen LogP contribution in [0, 0.1) is 0 Å². The van der Waals surface area contributed by atoms with E-state index in [4.69, 9.17) is 0 Å². The van der Waals surface area contributed by atoms with E-state index >= 15 is 0 Å². The van der Waals surface area contributed by atoms with Crippen LogP contribution in [0.15, 0.2) is 11.4 Å². The molecule has 12 heavy (non-hydrogen) atoms. The molecule has 1 aromatic heterocycles. The van der Waals surface area contributed by atoms with Gasteiger partial charge in [0.2, 0.25) is 0 Å². The van der Waals surface area contributed by atoms with Gasteiger partial charge in [-0.05, 0) is 29.5 Å².